The molecule has 0 aliphatic rings. The number of methoxy groups -OCH3 is 1. The van der Waals surface area contributed by atoms with Gasteiger partial charge < -0.3 is 20.1 Å². The molecule has 3 N–H and O–H groups in total. The normalized spacial score (nSPS) is 14.8. The Hall–Kier alpha value is -2.56. The molecule has 0 bridgehead atoms. The van der Waals surface area contributed by atoms with Crippen LogP contribution in [0.2, 0.25) is 5.02 Å². The van der Waals surface area contributed by atoms with Crippen LogP contribution in [-0.2, 0) is 0 Å². The molecule has 1 heterocycles. The monoisotopic (exact) mass is 496 g/mol. The van der Waals surface area contributed by atoms with Crippen LogP contribution in [0.1, 0.15) is 11.6 Å². The second-order valence-corrected chi connectivity index (χ2v) is 7.58. The summed E-state index contributed by atoms with van der Waals surface area (Å²) in [6, 6.07) is 3.73. The van der Waals surface area contributed by atoms with Crippen molar-refractivity contribution in [3.8, 4) is 5.75 Å². The summed E-state index contributed by atoms with van der Waals surface area (Å²) in [5.41, 5.74) is -5.02. The van der Waals surface area contributed by atoms with Crippen molar-refractivity contribution in [3.05, 3.63) is 69.0 Å². The second kappa shape index (κ2) is 8.76. The fourth-order valence-corrected chi connectivity index (χ4v) is 3.81. The van der Waals surface area contributed by atoms with Crippen LogP contribution in [0.5, 0.6) is 5.75 Å². The number of hydrogen-bond acceptors (Lipinski definition) is 4. The average Bonchev–Trinajstić information content (AvgIpc) is 2.69. The number of nitrogens with one attached hydrogen (secondary N) is 2. The zero-order valence-electron chi connectivity index (χ0n) is 16.2. The molecule has 0 amide bonds. The van der Waals surface area contributed by atoms with Gasteiger partial charge in [0, 0.05) is 27.7 Å². The SMILES string of the molecule is COc1c(F)cc(Cl)cc1[C@H](Nc1cc(F)cc2[nH]c(=O)ccc12)[C@@](O)(CCl)C(F)(F)F. The van der Waals surface area contributed by atoms with Crippen molar-refractivity contribution in [2.24, 2.45) is 0 Å². The first-order valence-corrected chi connectivity index (χ1v) is 9.79. The number of halogens is 7. The first-order valence-electron chi connectivity index (χ1n) is 8.88. The van der Waals surface area contributed by atoms with Crippen LogP contribution in [0, 0.1) is 11.6 Å². The van der Waals surface area contributed by atoms with Crippen molar-refractivity contribution in [1.29, 1.82) is 0 Å². The summed E-state index contributed by atoms with van der Waals surface area (Å²) in [5, 5.41) is 12.9. The minimum atomic E-state index is -5.31. The van der Waals surface area contributed by atoms with E-state index in [1.807, 2.05) is 0 Å². The van der Waals surface area contributed by atoms with E-state index in [9.17, 15) is 31.9 Å². The lowest BCUT2D eigenvalue weighted by Crippen LogP contribution is -2.54. The Kier molecular flexibility index (Phi) is 6.60. The van der Waals surface area contributed by atoms with Crippen molar-refractivity contribution in [3.63, 3.8) is 0 Å². The van der Waals surface area contributed by atoms with Gasteiger partial charge in [-0.3, -0.25) is 4.79 Å². The zero-order chi connectivity index (χ0) is 23.8. The highest BCUT2D eigenvalue weighted by Gasteiger charge is 2.59. The number of aliphatic hydroxyl groups is 1. The van der Waals surface area contributed by atoms with Gasteiger partial charge in [-0.15, -0.1) is 11.6 Å². The minimum absolute atomic E-state index is 0.0237. The van der Waals surface area contributed by atoms with Crippen LogP contribution >= 0.6 is 23.2 Å². The molecule has 3 rings (SSSR count). The Morgan fingerprint density at radius 1 is 1.19 bits per heavy atom. The molecule has 0 radical (unpaired) electrons. The summed E-state index contributed by atoms with van der Waals surface area (Å²) in [7, 11) is 1.02. The smallest absolute Gasteiger partial charge is 0.420 e. The molecule has 2 atom stereocenters. The van der Waals surface area contributed by atoms with Crippen LogP contribution in [0.4, 0.5) is 27.6 Å². The van der Waals surface area contributed by atoms with E-state index in [0.29, 0.717) is 0 Å². The highest BCUT2D eigenvalue weighted by molar-refractivity contribution is 6.30. The third kappa shape index (κ3) is 4.35. The van der Waals surface area contributed by atoms with Gasteiger partial charge in [0.2, 0.25) is 5.56 Å². The number of hydrogen-bond donors (Lipinski definition) is 3. The molecule has 172 valence electrons. The van der Waals surface area contributed by atoms with E-state index in [0.717, 1.165) is 37.4 Å². The largest absolute Gasteiger partial charge is 0.493 e. The van der Waals surface area contributed by atoms with Crippen LogP contribution in [-0.4, -0.2) is 34.9 Å². The third-order valence-electron chi connectivity index (χ3n) is 4.83. The molecule has 0 spiro atoms. The molecule has 2 aromatic carbocycles. The van der Waals surface area contributed by atoms with E-state index >= 15 is 0 Å². The lowest BCUT2D eigenvalue weighted by atomic mass is 9.88. The molecule has 12 heteroatoms. The lowest BCUT2D eigenvalue weighted by molar-refractivity contribution is -0.257. The van der Waals surface area contributed by atoms with Crippen molar-refractivity contribution in [1.82, 2.24) is 4.98 Å². The van der Waals surface area contributed by atoms with E-state index < -0.39 is 52.2 Å². The van der Waals surface area contributed by atoms with Gasteiger partial charge in [-0.2, -0.15) is 13.2 Å². The maximum absolute atomic E-state index is 14.4. The predicted octanol–water partition coefficient (Wildman–Crippen LogP) is 5.15. The fraction of sp³-hybridized carbons (Fsp3) is 0.250. The minimum Gasteiger partial charge on any atom is -0.493 e. The molecule has 0 fully saturated rings. The average molecular weight is 497 g/mol. The molecule has 3 aromatic rings. The fourth-order valence-electron chi connectivity index (χ4n) is 3.29. The van der Waals surface area contributed by atoms with Crippen LogP contribution < -0.4 is 15.6 Å². The van der Waals surface area contributed by atoms with Crippen molar-refractivity contribution in [2.75, 3.05) is 18.3 Å². The number of aromatic amines is 1. The van der Waals surface area contributed by atoms with E-state index in [4.69, 9.17) is 27.9 Å². The quantitative estimate of drug-likeness (QED) is 0.325. The van der Waals surface area contributed by atoms with Gasteiger partial charge in [-0.25, -0.2) is 8.78 Å². The van der Waals surface area contributed by atoms with Crippen molar-refractivity contribution < 1.29 is 31.8 Å². The van der Waals surface area contributed by atoms with E-state index in [1.54, 1.807) is 0 Å². The van der Waals surface area contributed by atoms with Crippen molar-refractivity contribution >= 4 is 39.8 Å². The number of anilines is 1. The summed E-state index contributed by atoms with van der Waals surface area (Å²) >= 11 is 11.4. The Balaban J connectivity index is 2.31. The number of H-pyrrole nitrogens is 1. The Morgan fingerprint density at radius 3 is 2.47 bits per heavy atom. The lowest BCUT2D eigenvalue weighted by Gasteiger charge is -2.38. The predicted molar refractivity (Wildman–Crippen MR) is 111 cm³/mol. The number of pyridine rings is 1. The zero-order valence-corrected chi connectivity index (χ0v) is 17.7. The summed E-state index contributed by atoms with van der Waals surface area (Å²) in [5.74, 6) is -3.98. The number of ether oxygens (including phenoxy) is 1. The first-order chi connectivity index (χ1) is 14.9. The van der Waals surface area contributed by atoms with Crippen molar-refractivity contribution in [2.45, 2.75) is 17.8 Å². The summed E-state index contributed by atoms with van der Waals surface area (Å²) in [4.78, 5) is 13.9. The van der Waals surface area contributed by atoms with Crippen LogP contribution in [0.25, 0.3) is 10.9 Å². The maximum Gasteiger partial charge on any atom is 0.420 e. The molecule has 32 heavy (non-hydrogen) atoms. The Morgan fingerprint density at radius 2 is 1.88 bits per heavy atom. The molecular weight excluding hydrogens is 482 g/mol. The molecule has 1 aromatic heterocycles. The van der Waals surface area contributed by atoms with Gasteiger partial charge >= 0.3 is 6.18 Å². The number of fused-ring (bicyclic) bond motifs is 1. The topological polar surface area (TPSA) is 74.3 Å². The molecule has 5 nitrogen and oxygen atoms in total. The number of benzene rings is 2. The molecule has 0 unspecified atom stereocenters. The van der Waals surface area contributed by atoms with Gasteiger partial charge in [-0.05, 0) is 30.3 Å². The van der Waals surface area contributed by atoms with Gasteiger partial charge in [0.25, 0.3) is 0 Å². The number of rotatable bonds is 6. The van der Waals surface area contributed by atoms with E-state index in [2.05, 4.69) is 10.3 Å². The molecular formula is C20H15Cl2F5N2O3. The second-order valence-electron chi connectivity index (χ2n) is 6.88. The molecule has 0 aliphatic heterocycles. The van der Waals surface area contributed by atoms with Gasteiger partial charge in [0.15, 0.2) is 17.2 Å². The van der Waals surface area contributed by atoms with Gasteiger partial charge in [0.1, 0.15) is 5.82 Å². The molecule has 0 saturated heterocycles. The summed E-state index contributed by atoms with van der Waals surface area (Å²) < 4.78 is 75.4. The number of aromatic nitrogens is 1. The summed E-state index contributed by atoms with van der Waals surface area (Å²) in [6.45, 7) is 0. The third-order valence-corrected chi connectivity index (χ3v) is 5.45. The molecule has 0 aliphatic carbocycles. The standard InChI is InChI=1S/C20H15Cl2F5N2O3/c1-32-17-12(4-9(22)5-13(17)24)18(19(31,8-21)20(25,26)27)29-15-7-10(23)6-14-11(15)2-3-16(30)28-14/h2-7,18,29,31H,8H2,1H3,(H,28,30)/t18-,19-/m0/s1. The Bertz CT molecular complexity index is 1220. The van der Waals surface area contributed by atoms with Crippen LogP contribution in [0.3, 0.4) is 0 Å². The first kappa shape index (κ1) is 24.1. The van der Waals surface area contributed by atoms with E-state index in [-0.39, 0.29) is 21.6 Å². The highest BCUT2D eigenvalue weighted by atomic mass is 35.5. The number of alkyl halides is 4. The van der Waals surface area contributed by atoms with E-state index in [1.165, 1.54) is 6.07 Å². The van der Waals surface area contributed by atoms with Gasteiger partial charge in [0.05, 0.1) is 24.5 Å². The highest BCUT2D eigenvalue weighted by Crippen LogP contribution is 2.46. The van der Waals surface area contributed by atoms with Gasteiger partial charge in [-0.1, -0.05) is 11.6 Å². The molecule has 0 saturated carbocycles. The van der Waals surface area contributed by atoms with Crippen LogP contribution in [0.15, 0.2) is 41.2 Å². The Labute approximate surface area is 187 Å². The summed E-state index contributed by atoms with van der Waals surface area (Å²) in [6.07, 6.45) is -5.31. The maximum atomic E-state index is 14.4.